The second kappa shape index (κ2) is 6.34. The van der Waals surface area contributed by atoms with Crippen LogP contribution in [0, 0.1) is 11.2 Å². The minimum absolute atomic E-state index is 0.125. The predicted molar refractivity (Wildman–Crippen MR) is 70.6 cm³/mol. The molecule has 0 unspecified atom stereocenters. The summed E-state index contributed by atoms with van der Waals surface area (Å²) in [6, 6.07) is 4.60. The molecule has 0 spiro atoms. The van der Waals surface area contributed by atoms with Crippen molar-refractivity contribution in [3.8, 4) is 0 Å². The predicted octanol–water partition coefficient (Wildman–Crippen LogP) is 2.94. The van der Waals surface area contributed by atoms with Crippen molar-refractivity contribution in [3.63, 3.8) is 0 Å². The van der Waals surface area contributed by atoms with Crippen molar-refractivity contribution < 1.29 is 4.39 Å². The van der Waals surface area contributed by atoms with Gasteiger partial charge in [-0.25, -0.2) is 4.39 Å². The number of hydrogen-bond donors (Lipinski definition) is 2. The summed E-state index contributed by atoms with van der Waals surface area (Å²) < 4.78 is 13.4. The van der Waals surface area contributed by atoms with E-state index in [1.165, 1.54) is 6.07 Å². The van der Waals surface area contributed by atoms with E-state index in [1.54, 1.807) is 12.1 Å². The van der Waals surface area contributed by atoms with Crippen molar-refractivity contribution in [1.29, 1.82) is 0 Å². The van der Waals surface area contributed by atoms with Crippen molar-refractivity contribution in [2.24, 2.45) is 11.1 Å². The summed E-state index contributed by atoms with van der Waals surface area (Å²) in [5.74, 6) is -0.222. The molecule has 1 rings (SSSR count). The smallest absolute Gasteiger partial charge is 0.127 e. The zero-order valence-corrected chi connectivity index (χ0v) is 11.1. The van der Waals surface area contributed by atoms with Gasteiger partial charge < -0.3 is 11.1 Å². The Bertz CT molecular complexity index is 366. The van der Waals surface area contributed by atoms with Crippen LogP contribution >= 0.6 is 11.6 Å². The third-order valence-electron chi connectivity index (χ3n) is 2.85. The first-order valence-corrected chi connectivity index (χ1v) is 6.17. The van der Waals surface area contributed by atoms with Crippen molar-refractivity contribution in [1.82, 2.24) is 5.32 Å². The molecule has 0 fully saturated rings. The van der Waals surface area contributed by atoms with Crippen LogP contribution in [0.15, 0.2) is 18.2 Å². The lowest BCUT2D eigenvalue weighted by Crippen LogP contribution is -2.28. The molecule has 0 aliphatic heterocycles. The number of halogens is 2. The van der Waals surface area contributed by atoms with Crippen LogP contribution in [-0.2, 0) is 6.54 Å². The van der Waals surface area contributed by atoms with E-state index in [0.717, 1.165) is 13.0 Å². The van der Waals surface area contributed by atoms with Crippen molar-refractivity contribution in [3.05, 3.63) is 34.6 Å². The van der Waals surface area contributed by atoms with Gasteiger partial charge in [0.25, 0.3) is 0 Å². The molecule has 0 saturated heterocycles. The van der Waals surface area contributed by atoms with E-state index in [9.17, 15) is 4.39 Å². The SMILES string of the molecule is CC(C)(CN)CCNCc1cc(Cl)ccc1F. The molecule has 0 heterocycles. The van der Waals surface area contributed by atoms with Crippen LogP contribution < -0.4 is 11.1 Å². The lowest BCUT2D eigenvalue weighted by Gasteiger charge is -2.22. The maximum Gasteiger partial charge on any atom is 0.127 e. The molecule has 2 nitrogen and oxygen atoms in total. The van der Waals surface area contributed by atoms with E-state index in [0.29, 0.717) is 23.7 Å². The number of hydrogen-bond acceptors (Lipinski definition) is 2. The highest BCUT2D eigenvalue weighted by atomic mass is 35.5. The molecule has 0 aromatic heterocycles. The van der Waals surface area contributed by atoms with Crippen molar-refractivity contribution >= 4 is 11.6 Å². The Morgan fingerprint density at radius 2 is 2.12 bits per heavy atom. The summed E-state index contributed by atoms with van der Waals surface area (Å²) in [5.41, 5.74) is 6.36. The van der Waals surface area contributed by atoms with Crippen molar-refractivity contribution in [2.75, 3.05) is 13.1 Å². The largest absolute Gasteiger partial charge is 0.330 e. The fourth-order valence-electron chi connectivity index (χ4n) is 1.43. The Hall–Kier alpha value is -0.640. The molecule has 0 radical (unpaired) electrons. The average Bonchev–Trinajstić information content (AvgIpc) is 2.29. The van der Waals surface area contributed by atoms with Gasteiger partial charge in [0, 0.05) is 17.1 Å². The molecular formula is C13H20ClFN2. The highest BCUT2D eigenvalue weighted by Crippen LogP contribution is 2.17. The fourth-order valence-corrected chi connectivity index (χ4v) is 1.63. The monoisotopic (exact) mass is 258 g/mol. The Labute approximate surface area is 107 Å². The van der Waals surface area contributed by atoms with Crippen LogP contribution in [0.3, 0.4) is 0 Å². The van der Waals surface area contributed by atoms with E-state index in [-0.39, 0.29) is 11.2 Å². The Balaban J connectivity index is 2.38. The average molecular weight is 259 g/mol. The van der Waals surface area contributed by atoms with Gasteiger partial charge in [0.05, 0.1) is 0 Å². The standard InChI is InChI=1S/C13H20ClFN2/c1-13(2,9-16)5-6-17-8-10-7-11(14)3-4-12(10)15/h3-4,7,17H,5-6,8-9,16H2,1-2H3. The van der Waals surface area contributed by atoms with Crippen LogP contribution in [0.25, 0.3) is 0 Å². The zero-order chi connectivity index (χ0) is 12.9. The fraction of sp³-hybridized carbons (Fsp3) is 0.538. The van der Waals surface area contributed by atoms with Crippen LogP contribution in [0.2, 0.25) is 5.02 Å². The molecule has 96 valence electrons. The minimum Gasteiger partial charge on any atom is -0.330 e. The van der Waals surface area contributed by atoms with Gasteiger partial charge >= 0.3 is 0 Å². The topological polar surface area (TPSA) is 38.0 Å². The summed E-state index contributed by atoms with van der Waals surface area (Å²) in [7, 11) is 0. The van der Waals surface area contributed by atoms with Gasteiger partial charge in [-0.3, -0.25) is 0 Å². The Morgan fingerprint density at radius 1 is 1.41 bits per heavy atom. The highest BCUT2D eigenvalue weighted by Gasteiger charge is 2.14. The molecule has 0 atom stereocenters. The first-order chi connectivity index (χ1) is 7.94. The van der Waals surface area contributed by atoms with E-state index >= 15 is 0 Å². The minimum atomic E-state index is -0.222. The maximum atomic E-state index is 13.4. The number of rotatable bonds is 6. The molecule has 17 heavy (non-hydrogen) atoms. The summed E-state index contributed by atoms with van der Waals surface area (Å²) in [6.07, 6.45) is 0.964. The molecule has 4 heteroatoms. The third kappa shape index (κ3) is 5.02. The van der Waals surface area contributed by atoms with Gasteiger partial charge in [-0.15, -0.1) is 0 Å². The molecule has 0 aliphatic rings. The van der Waals surface area contributed by atoms with E-state index in [1.807, 2.05) is 0 Å². The molecule has 0 bridgehead atoms. The summed E-state index contributed by atoms with van der Waals surface area (Å²) in [5, 5.41) is 3.77. The van der Waals surface area contributed by atoms with Gasteiger partial charge in [-0.1, -0.05) is 25.4 Å². The van der Waals surface area contributed by atoms with Crippen LogP contribution in [0.5, 0.6) is 0 Å². The number of nitrogens with two attached hydrogens (primary N) is 1. The maximum absolute atomic E-state index is 13.4. The summed E-state index contributed by atoms with van der Waals surface area (Å²) >= 11 is 5.81. The van der Waals surface area contributed by atoms with Crippen LogP contribution in [0.4, 0.5) is 4.39 Å². The zero-order valence-electron chi connectivity index (χ0n) is 10.4. The molecule has 1 aromatic carbocycles. The summed E-state index contributed by atoms with van der Waals surface area (Å²) in [6.45, 7) is 6.20. The first kappa shape index (κ1) is 14.4. The number of benzene rings is 1. The first-order valence-electron chi connectivity index (χ1n) is 5.79. The Morgan fingerprint density at radius 3 is 2.76 bits per heavy atom. The number of nitrogens with one attached hydrogen (secondary N) is 1. The van der Waals surface area contributed by atoms with E-state index < -0.39 is 0 Å². The normalized spacial score (nSPS) is 11.8. The lowest BCUT2D eigenvalue weighted by molar-refractivity contribution is 0.338. The van der Waals surface area contributed by atoms with Crippen LogP contribution in [0.1, 0.15) is 25.8 Å². The molecule has 0 amide bonds. The molecule has 0 saturated carbocycles. The van der Waals surface area contributed by atoms with Gasteiger partial charge in [0.1, 0.15) is 5.82 Å². The third-order valence-corrected chi connectivity index (χ3v) is 3.09. The van der Waals surface area contributed by atoms with E-state index in [4.69, 9.17) is 17.3 Å². The Kier molecular flexibility index (Phi) is 5.37. The molecular weight excluding hydrogens is 239 g/mol. The molecule has 1 aromatic rings. The highest BCUT2D eigenvalue weighted by molar-refractivity contribution is 6.30. The van der Waals surface area contributed by atoms with Gasteiger partial charge in [-0.2, -0.15) is 0 Å². The molecule has 0 aliphatic carbocycles. The summed E-state index contributed by atoms with van der Waals surface area (Å²) in [4.78, 5) is 0. The van der Waals surface area contributed by atoms with Gasteiger partial charge in [0.15, 0.2) is 0 Å². The van der Waals surface area contributed by atoms with E-state index in [2.05, 4.69) is 19.2 Å². The van der Waals surface area contributed by atoms with Crippen molar-refractivity contribution in [2.45, 2.75) is 26.8 Å². The van der Waals surface area contributed by atoms with Gasteiger partial charge in [-0.05, 0) is 43.1 Å². The second-order valence-electron chi connectivity index (χ2n) is 5.03. The van der Waals surface area contributed by atoms with Gasteiger partial charge in [0.2, 0.25) is 0 Å². The van der Waals surface area contributed by atoms with Crippen LogP contribution in [-0.4, -0.2) is 13.1 Å². The quantitative estimate of drug-likeness (QED) is 0.770. The lowest BCUT2D eigenvalue weighted by atomic mass is 9.90. The molecule has 3 N–H and O–H groups in total. The second-order valence-corrected chi connectivity index (χ2v) is 5.47.